The molecule has 2 atom stereocenters. The van der Waals surface area contributed by atoms with Gasteiger partial charge in [0, 0.05) is 6.54 Å². The van der Waals surface area contributed by atoms with E-state index in [1.165, 1.54) is 0 Å². The molecular weight excluding hydrogens is 460 g/mol. The number of hydrogen-bond acceptors (Lipinski definition) is 6. The topological polar surface area (TPSA) is 71.9 Å². The van der Waals surface area contributed by atoms with Gasteiger partial charge in [0.05, 0.1) is 22.9 Å². The summed E-state index contributed by atoms with van der Waals surface area (Å²) < 4.78 is 13.2. The van der Waals surface area contributed by atoms with Crippen molar-refractivity contribution in [1.82, 2.24) is 9.88 Å². The molecule has 0 amide bonds. The van der Waals surface area contributed by atoms with Crippen LogP contribution in [0.3, 0.4) is 0 Å². The van der Waals surface area contributed by atoms with E-state index in [2.05, 4.69) is 11.0 Å². The van der Waals surface area contributed by atoms with Crippen LogP contribution in [0.4, 0.5) is 0 Å². The highest BCUT2D eigenvalue weighted by Gasteiger charge is 2.38. The fraction of sp³-hybridized carbons (Fsp3) is 0.286. The van der Waals surface area contributed by atoms with Crippen molar-refractivity contribution in [3.8, 4) is 11.5 Å². The number of fused-ring (bicyclic) bond motifs is 1. The van der Waals surface area contributed by atoms with E-state index >= 15 is 0 Å². The smallest absolute Gasteiger partial charge is 0.320 e. The predicted molar refractivity (Wildman–Crippen MR) is 137 cm³/mol. The van der Waals surface area contributed by atoms with Gasteiger partial charge in [-0.2, -0.15) is 0 Å². The molecule has 35 heavy (non-hydrogen) atoms. The van der Waals surface area contributed by atoms with Crippen molar-refractivity contribution in [2.75, 3.05) is 13.2 Å². The lowest BCUT2D eigenvalue weighted by Gasteiger charge is -2.30. The number of para-hydroxylation sites is 1. The number of thiazole rings is 1. The maximum atomic E-state index is 12.1. The van der Waals surface area contributed by atoms with Gasteiger partial charge in [-0.05, 0) is 55.2 Å². The summed E-state index contributed by atoms with van der Waals surface area (Å²) in [7, 11) is 0. The van der Waals surface area contributed by atoms with Crippen LogP contribution in [0.2, 0.25) is 0 Å². The van der Waals surface area contributed by atoms with Gasteiger partial charge in [0.25, 0.3) is 0 Å². The third kappa shape index (κ3) is 5.01. The Labute approximate surface area is 208 Å². The molecule has 0 spiro atoms. The number of aliphatic carboxylic acids is 1. The van der Waals surface area contributed by atoms with Gasteiger partial charge >= 0.3 is 5.97 Å². The highest BCUT2D eigenvalue weighted by molar-refractivity contribution is 7.18. The lowest BCUT2D eigenvalue weighted by molar-refractivity contribution is -0.142. The van der Waals surface area contributed by atoms with Crippen LogP contribution in [-0.2, 0) is 11.4 Å². The largest absolute Gasteiger partial charge is 0.490 e. The minimum absolute atomic E-state index is 0.279. The van der Waals surface area contributed by atoms with Crippen LogP contribution in [0.25, 0.3) is 10.2 Å². The number of benzene rings is 3. The molecule has 180 valence electrons. The Balaban J connectivity index is 1.53. The molecule has 1 saturated heterocycles. The molecule has 4 aromatic rings. The first-order chi connectivity index (χ1) is 17.1. The van der Waals surface area contributed by atoms with E-state index in [0.29, 0.717) is 37.7 Å². The van der Waals surface area contributed by atoms with Crippen molar-refractivity contribution in [1.29, 1.82) is 0 Å². The maximum Gasteiger partial charge on any atom is 0.320 e. The SMILES string of the molecule is CCOc1cc(C(c2nc3ccccc3s2)N2CCCC2C(=O)O)ccc1OCc1ccccc1. The minimum Gasteiger partial charge on any atom is -0.490 e. The molecule has 0 aliphatic carbocycles. The molecule has 0 bridgehead atoms. The molecule has 1 aliphatic rings. The summed E-state index contributed by atoms with van der Waals surface area (Å²) in [5.41, 5.74) is 2.96. The molecule has 2 heterocycles. The van der Waals surface area contributed by atoms with Crippen LogP contribution >= 0.6 is 11.3 Å². The van der Waals surface area contributed by atoms with Crippen molar-refractivity contribution >= 4 is 27.5 Å². The zero-order chi connectivity index (χ0) is 24.2. The molecule has 1 aliphatic heterocycles. The third-order valence-corrected chi connectivity index (χ3v) is 7.36. The second-order valence-corrected chi connectivity index (χ2v) is 9.63. The minimum atomic E-state index is -0.790. The highest BCUT2D eigenvalue weighted by Crippen LogP contribution is 2.41. The Bertz CT molecular complexity index is 1270. The Morgan fingerprint density at radius 1 is 1.09 bits per heavy atom. The van der Waals surface area contributed by atoms with Gasteiger partial charge in [-0.15, -0.1) is 11.3 Å². The van der Waals surface area contributed by atoms with E-state index in [9.17, 15) is 9.90 Å². The van der Waals surface area contributed by atoms with Crippen LogP contribution in [0.15, 0.2) is 72.8 Å². The summed E-state index contributed by atoms with van der Waals surface area (Å²) in [6, 6.07) is 23.1. The van der Waals surface area contributed by atoms with Crippen molar-refractivity contribution in [3.05, 3.63) is 88.9 Å². The van der Waals surface area contributed by atoms with E-state index in [1.54, 1.807) is 11.3 Å². The highest BCUT2D eigenvalue weighted by atomic mass is 32.1. The van der Waals surface area contributed by atoms with E-state index in [0.717, 1.165) is 32.8 Å². The van der Waals surface area contributed by atoms with Gasteiger partial charge in [-0.3, -0.25) is 9.69 Å². The first-order valence-electron chi connectivity index (χ1n) is 11.9. The number of rotatable bonds is 9. The van der Waals surface area contributed by atoms with Crippen LogP contribution in [-0.4, -0.2) is 40.2 Å². The summed E-state index contributed by atoms with van der Waals surface area (Å²) in [6.45, 7) is 3.58. The van der Waals surface area contributed by atoms with Crippen molar-refractivity contribution < 1.29 is 19.4 Å². The number of likely N-dealkylation sites (tertiary alicyclic amines) is 1. The van der Waals surface area contributed by atoms with Crippen molar-refractivity contribution in [3.63, 3.8) is 0 Å². The molecule has 2 unspecified atom stereocenters. The molecular formula is C28H28N2O4S. The van der Waals surface area contributed by atoms with Crippen LogP contribution in [0.5, 0.6) is 11.5 Å². The van der Waals surface area contributed by atoms with Gasteiger partial charge in [0.2, 0.25) is 0 Å². The van der Waals surface area contributed by atoms with Crippen molar-refractivity contribution in [2.45, 2.75) is 38.5 Å². The molecule has 0 saturated carbocycles. The van der Waals surface area contributed by atoms with Crippen molar-refractivity contribution in [2.24, 2.45) is 0 Å². The quantitative estimate of drug-likeness (QED) is 0.316. The summed E-state index contributed by atoms with van der Waals surface area (Å²) in [5, 5.41) is 10.8. The zero-order valence-electron chi connectivity index (χ0n) is 19.6. The maximum absolute atomic E-state index is 12.1. The summed E-state index contributed by atoms with van der Waals surface area (Å²) in [4.78, 5) is 19.1. The first-order valence-corrected chi connectivity index (χ1v) is 12.7. The number of ether oxygens (including phenoxy) is 2. The van der Waals surface area contributed by atoms with E-state index in [1.807, 2.05) is 73.7 Å². The molecule has 1 N–H and O–H groups in total. The average molecular weight is 489 g/mol. The molecule has 0 radical (unpaired) electrons. The van der Waals surface area contributed by atoms with Gasteiger partial charge in [0.15, 0.2) is 11.5 Å². The Morgan fingerprint density at radius 2 is 1.89 bits per heavy atom. The number of hydrogen-bond donors (Lipinski definition) is 1. The van der Waals surface area contributed by atoms with Gasteiger partial charge in [-0.1, -0.05) is 48.5 Å². The number of nitrogens with zero attached hydrogens (tertiary/aromatic N) is 2. The van der Waals surface area contributed by atoms with E-state index in [4.69, 9.17) is 14.5 Å². The van der Waals surface area contributed by atoms with Gasteiger partial charge < -0.3 is 14.6 Å². The predicted octanol–water partition coefficient (Wildman–Crippen LogP) is 5.91. The monoisotopic (exact) mass is 488 g/mol. The number of carbonyl (C=O) groups is 1. The average Bonchev–Trinajstić information content (AvgIpc) is 3.52. The van der Waals surface area contributed by atoms with Crippen LogP contribution < -0.4 is 9.47 Å². The molecule has 7 heteroatoms. The summed E-state index contributed by atoms with van der Waals surface area (Å²) in [5.74, 6) is 0.526. The molecule has 1 fully saturated rings. The molecule has 5 rings (SSSR count). The van der Waals surface area contributed by atoms with E-state index in [-0.39, 0.29) is 6.04 Å². The lowest BCUT2D eigenvalue weighted by Crippen LogP contribution is -2.39. The van der Waals surface area contributed by atoms with Crippen LogP contribution in [0.1, 0.15) is 41.9 Å². The fourth-order valence-electron chi connectivity index (χ4n) is 4.66. The first kappa shape index (κ1) is 23.3. The lowest BCUT2D eigenvalue weighted by atomic mass is 10.0. The van der Waals surface area contributed by atoms with E-state index < -0.39 is 12.0 Å². The third-order valence-electron chi connectivity index (χ3n) is 6.28. The number of carboxylic acid groups (broad SMARTS) is 1. The van der Waals surface area contributed by atoms with Gasteiger partial charge in [0.1, 0.15) is 17.7 Å². The van der Waals surface area contributed by atoms with Crippen LogP contribution in [0, 0.1) is 0 Å². The van der Waals surface area contributed by atoms with Gasteiger partial charge in [-0.25, -0.2) is 4.98 Å². The number of aromatic nitrogens is 1. The standard InChI is InChI=1S/C28H28N2O4S/c1-2-33-24-17-20(14-15-23(24)34-18-19-9-4-3-5-10-19)26(30-16-8-12-22(30)28(31)32)27-29-21-11-6-7-13-25(21)35-27/h3-7,9-11,13-15,17,22,26H,2,8,12,16,18H2,1H3,(H,31,32). The Hall–Kier alpha value is -3.42. The Kier molecular flexibility index (Phi) is 6.97. The zero-order valence-corrected chi connectivity index (χ0v) is 20.4. The molecule has 3 aromatic carbocycles. The number of carboxylic acids is 1. The summed E-state index contributed by atoms with van der Waals surface area (Å²) >= 11 is 1.61. The Morgan fingerprint density at radius 3 is 2.66 bits per heavy atom. The second kappa shape index (κ2) is 10.5. The molecule has 6 nitrogen and oxygen atoms in total. The second-order valence-electron chi connectivity index (χ2n) is 8.57. The fourth-order valence-corrected chi connectivity index (χ4v) is 5.78. The normalized spacial score (nSPS) is 16.9. The molecule has 1 aromatic heterocycles. The summed E-state index contributed by atoms with van der Waals surface area (Å²) in [6.07, 6.45) is 1.47.